The maximum absolute atomic E-state index is 11.9. The van der Waals surface area contributed by atoms with Gasteiger partial charge in [-0.2, -0.15) is 0 Å². The maximum atomic E-state index is 11.9. The first-order valence-electron chi connectivity index (χ1n) is 5.67. The summed E-state index contributed by atoms with van der Waals surface area (Å²) in [4.78, 5) is 24.9. The molecule has 19 heavy (non-hydrogen) atoms. The van der Waals surface area contributed by atoms with Crippen LogP contribution in [-0.4, -0.2) is 45.8 Å². The number of likely N-dealkylation sites (tertiary alicyclic amines) is 1. The average Bonchev–Trinajstić information content (AvgIpc) is 2.92. The molecule has 0 aliphatic carbocycles. The number of nitrogens with zero attached hydrogens (tertiary/aromatic N) is 1. The van der Waals surface area contributed by atoms with Gasteiger partial charge in [0.25, 0.3) is 0 Å². The Morgan fingerprint density at radius 3 is 2.84 bits per heavy atom. The highest BCUT2D eigenvalue weighted by atomic mass is 35.5. The molecule has 2 heterocycles. The summed E-state index contributed by atoms with van der Waals surface area (Å²) in [5.41, 5.74) is 0. The Balaban J connectivity index is 1.93. The molecule has 104 valence electrons. The van der Waals surface area contributed by atoms with E-state index in [4.69, 9.17) is 16.7 Å². The molecule has 2 rings (SSSR count). The molecule has 3 N–H and O–H groups in total. The molecule has 1 fully saturated rings. The molecular formula is C11H13ClN2O4S. The summed E-state index contributed by atoms with van der Waals surface area (Å²) in [6.45, 7) is 0.323. The number of carboxylic acids is 1. The molecule has 0 radical (unpaired) electrons. The number of hydrogen-bond donors (Lipinski definition) is 3. The predicted molar refractivity (Wildman–Crippen MR) is 70.3 cm³/mol. The summed E-state index contributed by atoms with van der Waals surface area (Å²) in [5, 5.41) is 21.1. The highest BCUT2D eigenvalue weighted by Crippen LogP contribution is 2.22. The van der Waals surface area contributed by atoms with Gasteiger partial charge in [0.1, 0.15) is 6.04 Å². The Kier molecular flexibility index (Phi) is 4.28. The fourth-order valence-electron chi connectivity index (χ4n) is 1.98. The molecule has 1 aliphatic rings. The smallest absolute Gasteiger partial charge is 0.326 e. The molecule has 8 heteroatoms. The Bertz CT molecular complexity index is 493. The van der Waals surface area contributed by atoms with Crippen molar-refractivity contribution in [2.24, 2.45) is 0 Å². The lowest BCUT2D eigenvalue weighted by Crippen LogP contribution is -2.45. The number of thiophene rings is 1. The number of β-amino-alcohol motifs (C(OH)–C–C–N with tert-alkyl or cyclic N) is 1. The van der Waals surface area contributed by atoms with Crippen LogP contribution >= 0.6 is 22.9 Å². The van der Waals surface area contributed by atoms with Crippen molar-refractivity contribution in [1.29, 1.82) is 0 Å². The topological polar surface area (TPSA) is 89.9 Å². The predicted octanol–water partition coefficient (Wildman–Crippen LogP) is 1.13. The van der Waals surface area contributed by atoms with E-state index in [0.29, 0.717) is 4.34 Å². The van der Waals surface area contributed by atoms with Crippen LogP contribution in [0.15, 0.2) is 12.1 Å². The van der Waals surface area contributed by atoms with Gasteiger partial charge < -0.3 is 20.4 Å². The number of carboxylic acid groups (broad SMARTS) is 1. The van der Waals surface area contributed by atoms with Crippen molar-refractivity contribution in [3.63, 3.8) is 0 Å². The van der Waals surface area contributed by atoms with E-state index in [0.717, 1.165) is 9.78 Å². The number of halogens is 1. The summed E-state index contributed by atoms with van der Waals surface area (Å²) < 4.78 is 0.629. The monoisotopic (exact) mass is 304 g/mol. The number of urea groups is 1. The van der Waals surface area contributed by atoms with E-state index >= 15 is 0 Å². The van der Waals surface area contributed by atoms with E-state index in [9.17, 15) is 14.7 Å². The average molecular weight is 305 g/mol. The quantitative estimate of drug-likeness (QED) is 0.781. The van der Waals surface area contributed by atoms with E-state index in [1.165, 1.54) is 11.3 Å². The summed E-state index contributed by atoms with van der Waals surface area (Å²) >= 11 is 7.12. The van der Waals surface area contributed by atoms with Crippen molar-refractivity contribution >= 4 is 34.9 Å². The first-order valence-corrected chi connectivity index (χ1v) is 6.86. The minimum atomic E-state index is -1.11. The van der Waals surface area contributed by atoms with Gasteiger partial charge in [0.05, 0.1) is 17.0 Å². The lowest BCUT2D eigenvalue weighted by atomic mass is 10.2. The highest BCUT2D eigenvalue weighted by Gasteiger charge is 2.38. The Morgan fingerprint density at radius 2 is 2.26 bits per heavy atom. The van der Waals surface area contributed by atoms with Crippen molar-refractivity contribution in [1.82, 2.24) is 10.2 Å². The molecule has 0 aromatic carbocycles. The van der Waals surface area contributed by atoms with Gasteiger partial charge in [0, 0.05) is 17.8 Å². The molecule has 6 nitrogen and oxygen atoms in total. The van der Waals surface area contributed by atoms with Crippen LogP contribution in [-0.2, 0) is 11.3 Å². The van der Waals surface area contributed by atoms with Crippen molar-refractivity contribution < 1.29 is 19.8 Å². The van der Waals surface area contributed by atoms with E-state index in [2.05, 4.69) is 5.32 Å². The third kappa shape index (κ3) is 3.37. The zero-order valence-corrected chi connectivity index (χ0v) is 11.4. The zero-order valence-electron chi connectivity index (χ0n) is 9.88. The first-order chi connectivity index (χ1) is 8.97. The second kappa shape index (κ2) is 5.77. The van der Waals surface area contributed by atoms with Gasteiger partial charge in [-0.25, -0.2) is 9.59 Å². The summed E-state index contributed by atoms with van der Waals surface area (Å²) in [7, 11) is 0. The Labute approximate surface area is 118 Å². The molecule has 1 aromatic rings. The molecule has 0 spiro atoms. The van der Waals surface area contributed by atoms with Crippen LogP contribution in [0.25, 0.3) is 0 Å². The molecule has 0 saturated carbocycles. The molecule has 1 aliphatic heterocycles. The van der Waals surface area contributed by atoms with E-state index in [1.54, 1.807) is 12.1 Å². The van der Waals surface area contributed by atoms with Crippen LogP contribution in [0.1, 0.15) is 11.3 Å². The molecule has 1 saturated heterocycles. The fraction of sp³-hybridized carbons (Fsp3) is 0.455. The number of amides is 2. The van der Waals surface area contributed by atoms with E-state index < -0.39 is 24.1 Å². The number of carbonyl (C=O) groups excluding carboxylic acids is 1. The van der Waals surface area contributed by atoms with Gasteiger partial charge in [-0.3, -0.25) is 0 Å². The van der Waals surface area contributed by atoms with Gasteiger partial charge in [0.15, 0.2) is 0 Å². The van der Waals surface area contributed by atoms with Crippen LogP contribution < -0.4 is 5.32 Å². The third-order valence-corrected chi connectivity index (χ3v) is 4.10. The zero-order chi connectivity index (χ0) is 14.0. The van der Waals surface area contributed by atoms with Crippen molar-refractivity contribution in [3.05, 3.63) is 21.3 Å². The van der Waals surface area contributed by atoms with Crippen molar-refractivity contribution in [2.75, 3.05) is 6.54 Å². The van der Waals surface area contributed by atoms with E-state index in [1.807, 2.05) is 0 Å². The number of nitrogens with one attached hydrogen (secondary N) is 1. The number of hydrogen-bond acceptors (Lipinski definition) is 4. The Morgan fingerprint density at radius 1 is 1.53 bits per heavy atom. The highest BCUT2D eigenvalue weighted by molar-refractivity contribution is 7.16. The van der Waals surface area contributed by atoms with E-state index in [-0.39, 0.29) is 19.5 Å². The summed E-state index contributed by atoms with van der Waals surface area (Å²) in [5.74, 6) is -1.11. The summed E-state index contributed by atoms with van der Waals surface area (Å²) in [6.07, 6.45) is -0.726. The molecule has 2 atom stereocenters. The van der Waals surface area contributed by atoms with Crippen molar-refractivity contribution in [2.45, 2.75) is 25.1 Å². The van der Waals surface area contributed by atoms with Gasteiger partial charge in [-0.05, 0) is 12.1 Å². The standard InChI is InChI=1S/C11H13ClN2O4S/c12-9-2-1-7(19-9)4-13-11(18)14-5-6(15)3-8(14)10(16)17/h1-2,6,8,15H,3-5H2,(H,13,18)(H,16,17). The molecule has 1 aromatic heterocycles. The number of aliphatic hydroxyl groups excluding tert-OH is 1. The van der Waals surface area contributed by atoms with Crippen LogP contribution in [0.4, 0.5) is 4.79 Å². The van der Waals surface area contributed by atoms with Crippen LogP contribution in [0.3, 0.4) is 0 Å². The lowest BCUT2D eigenvalue weighted by molar-refractivity contribution is -0.141. The van der Waals surface area contributed by atoms with Crippen LogP contribution in [0.2, 0.25) is 4.34 Å². The number of carbonyl (C=O) groups is 2. The fourth-order valence-corrected chi connectivity index (χ4v) is 3.01. The molecule has 2 amide bonds. The maximum Gasteiger partial charge on any atom is 0.326 e. The molecule has 0 bridgehead atoms. The normalized spacial score (nSPS) is 22.5. The third-order valence-electron chi connectivity index (χ3n) is 2.87. The van der Waals surface area contributed by atoms with Gasteiger partial charge >= 0.3 is 12.0 Å². The SMILES string of the molecule is O=C(O)C1CC(O)CN1C(=O)NCc1ccc(Cl)s1. The number of aliphatic hydroxyl groups is 1. The second-order valence-corrected chi connectivity index (χ2v) is 6.06. The minimum Gasteiger partial charge on any atom is -0.480 e. The first kappa shape index (κ1) is 14.1. The minimum absolute atomic E-state index is 0.0357. The largest absolute Gasteiger partial charge is 0.480 e. The second-order valence-electron chi connectivity index (χ2n) is 4.26. The van der Waals surface area contributed by atoms with Crippen LogP contribution in [0.5, 0.6) is 0 Å². The Hall–Kier alpha value is -1.31. The lowest BCUT2D eigenvalue weighted by Gasteiger charge is -2.21. The molecular weight excluding hydrogens is 292 g/mol. The number of rotatable bonds is 3. The van der Waals surface area contributed by atoms with Crippen molar-refractivity contribution in [3.8, 4) is 0 Å². The van der Waals surface area contributed by atoms with Gasteiger partial charge in [-0.1, -0.05) is 11.6 Å². The number of aliphatic carboxylic acids is 1. The summed E-state index contributed by atoms with van der Waals surface area (Å²) in [6, 6.07) is 2.06. The van der Waals surface area contributed by atoms with Gasteiger partial charge in [-0.15, -0.1) is 11.3 Å². The molecule has 2 unspecified atom stereocenters. The van der Waals surface area contributed by atoms with Crippen LogP contribution in [0, 0.1) is 0 Å². The van der Waals surface area contributed by atoms with Gasteiger partial charge in [0.2, 0.25) is 0 Å².